The number of hydrogen-bond acceptors (Lipinski definition) is 4. The summed E-state index contributed by atoms with van der Waals surface area (Å²) in [6.45, 7) is 2.96. The lowest BCUT2D eigenvalue weighted by molar-refractivity contribution is -0.137. The van der Waals surface area contributed by atoms with Crippen molar-refractivity contribution in [2.75, 3.05) is 18.0 Å². The van der Waals surface area contributed by atoms with Crippen LogP contribution in [0.4, 0.5) is 24.5 Å². The molecule has 1 fully saturated rings. The molecular formula is C22H21F3N2O3S. The Morgan fingerprint density at radius 2 is 1.71 bits per heavy atom. The average molecular weight is 450 g/mol. The van der Waals surface area contributed by atoms with E-state index in [1.54, 1.807) is 6.07 Å². The van der Waals surface area contributed by atoms with Gasteiger partial charge in [-0.25, -0.2) is 8.42 Å². The number of rotatable bonds is 2. The monoisotopic (exact) mass is 450 g/mol. The number of para-hydroxylation sites is 1. The van der Waals surface area contributed by atoms with E-state index in [1.807, 2.05) is 0 Å². The second-order valence-electron chi connectivity index (χ2n) is 7.86. The summed E-state index contributed by atoms with van der Waals surface area (Å²) >= 11 is 0. The van der Waals surface area contributed by atoms with Crippen molar-refractivity contribution in [2.45, 2.75) is 30.8 Å². The first-order valence-corrected chi connectivity index (χ1v) is 11.4. The Kier molecular flexibility index (Phi) is 5.33. The van der Waals surface area contributed by atoms with Crippen LogP contribution in [0.5, 0.6) is 0 Å². The van der Waals surface area contributed by atoms with E-state index in [2.05, 4.69) is 6.92 Å². The molecule has 2 aliphatic rings. The molecule has 0 bridgehead atoms. The third kappa shape index (κ3) is 3.94. The molecule has 0 spiro atoms. The second-order valence-corrected chi connectivity index (χ2v) is 9.74. The summed E-state index contributed by atoms with van der Waals surface area (Å²) in [5, 5.41) is 0. The van der Waals surface area contributed by atoms with Crippen LogP contribution in [0.3, 0.4) is 0 Å². The fraction of sp³-hybridized carbons (Fsp3) is 0.318. The molecule has 2 aromatic rings. The van der Waals surface area contributed by atoms with Gasteiger partial charge in [0.15, 0.2) is 4.91 Å². The fourth-order valence-corrected chi connectivity index (χ4v) is 5.38. The molecule has 0 saturated carbocycles. The first kappa shape index (κ1) is 21.4. The van der Waals surface area contributed by atoms with Crippen molar-refractivity contribution in [3.05, 3.63) is 65.2 Å². The molecule has 4 rings (SSSR count). The van der Waals surface area contributed by atoms with Crippen molar-refractivity contribution in [1.29, 1.82) is 0 Å². The van der Waals surface area contributed by atoms with Crippen molar-refractivity contribution >= 4 is 27.1 Å². The number of halogens is 3. The average Bonchev–Trinajstić information content (AvgIpc) is 2.73. The van der Waals surface area contributed by atoms with Gasteiger partial charge in [-0.05, 0) is 49.1 Å². The normalized spacial score (nSPS) is 19.0. The SMILES string of the molecule is CC1CCN(C(=O)C2=CN(c3cccc(C(F)(F)F)c3)c3ccccc3S2(=O)=O)CC1. The largest absolute Gasteiger partial charge is 0.416 e. The number of hydrogen-bond donors (Lipinski definition) is 0. The van der Waals surface area contributed by atoms with Gasteiger partial charge in [-0.15, -0.1) is 0 Å². The van der Waals surface area contributed by atoms with E-state index in [4.69, 9.17) is 0 Å². The second kappa shape index (κ2) is 7.71. The molecule has 164 valence electrons. The van der Waals surface area contributed by atoms with Crippen LogP contribution in [-0.2, 0) is 20.8 Å². The summed E-state index contributed by atoms with van der Waals surface area (Å²) in [5.74, 6) is -0.179. The van der Waals surface area contributed by atoms with Gasteiger partial charge in [-0.2, -0.15) is 13.2 Å². The number of alkyl halides is 3. The van der Waals surface area contributed by atoms with Crippen LogP contribution in [-0.4, -0.2) is 32.3 Å². The van der Waals surface area contributed by atoms with Gasteiger partial charge in [0, 0.05) is 25.0 Å². The highest BCUT2D eigenvalue weighted by molar-refractivity contribution is 7.96. The van der Waals surface area contributed by atoms with E-state index < -0.39 is 32.4 Å². The third-order valence-electron chi connectivity index (χ3n) is 5.68. The minimum Gasteiger partial charge on any atom is -0.338 e. The number of piperidine rings is 1. The Morgan fingerprint density at radius 3 is 2.39 bits per heavy atom. The lowest BCUT2D eigenvalue weighted by Gasteiger charge is -2.33. The number of amides is 1. The summed E-state index contributed by atoms with van der Waals surface area (Å²) in [7, 11) is -4.12. The molecule has 31 heavy (non-hydrogen) atoms. The zero-order valence-corrected chi connectivity index (χ0v) is 17.6. The van der Waals surface area contributed by atoms with E-state index in [0.29, 0.717) is 19.0 Å². The molecule has 0 radical (unpaired) electrons. The number of likely N-dealkylation sites (tertiary alicyclic amines) is 1. The number of carbonyl (C=O) groups excluding carboxylic acids is 1. The maximum absolute atomic E-state index is 13.2. The molecule has 2 aromatic carbocycles. The maximum atomic E-state index is 13.2. The van der Waals surface area contributed by atoms with Crippen molar-refractivity contribution < 1.29 is 26.4 Å². The molecular weight excluding hydrogens is 429 g/mol. The maximum Gasteiger partial charge on any atom is 0.416 e. The molecule has 1 amide bonds. The predicted molar refractivity (Wildman–Crippen MR) is 110 cm³/mol. The Bertz CT molecular complexity index is 1150. The van der Waals surface area contributed by atoms with Crippen LogP contribution < -0.4 is 4.90 Å². The smallest absolute Gasteiger partial charge is 0.338 e. The van der Waals surface area contributed by atoms with Gasteiger partial charge in [-0.1, -0.05) is 25.1 Å². The van der Waals surface area contributed by atoms with Crippen molar-refractivity contribution in [1.82, 2.24) is 4.90 Å². The zero-order valence-electron chi connectivity index (χ0n) is 16.8. The minimum atomic E-state index is -4.55. The van der Waals surface area contributed by atoms with E-state index in [1.165, 1.54) is 40.1 Å². The van der Waals surface area contributed by atoms with Gasteiger partial charge in [0.2, 0.25) is 9.84 Å². The molecule has 0 atom stereocenters. The molecule has 0 unspecified atom stereocenters. The van der Waals surface area contributed by atoms with Gasteiger partial charge in [0.25, 0.3) is 5.91 Å². The summed E-state index contributed by atoms with van der Waals surface area (Å²) < 4.78 is 66.2. The van der Waals surface area contributed by atoms with E-state index in [0.717, 1.165) is 31.2 Å². The van der Waals surface area contributed by atoms with Gasteiger partial charge < -0.3 is 9.80 Å². The van der Waals surface area contributed by atoms with E-state index in [-0.39, 0.29) is 16.3 Å². The standard InChI is InChI=1S/C22H21F3N2O3S/c1-15-9-11-26(12-10-15)21(28)20-14-27(17-6-4-5-16(13-17)22(23,24)25)18-7-2-3-8-19(18)31(20,29)30/h2-8,13-15H,9-12H2,1H3. The molecule has 2 aliphatic heterocycles. The topological polar surface area (TPSA) is 57.7 Å². The molecule has 0 N–H and O–H groups in total. The van der Waals surface area contributed by atoms with Crippen LogP contribution in [0.25, 0.3) is 0 Å². The summed E-state index contributed by atoms with van der Waals surface area (Å²) in [4.78, 5) is 15.5. The van der Waals surface area contributed by atoms with Gasteiger partial charge in [0.05, 0.1) is 16.1 Å². The van der Waals surface area contributed by atoms with Crippen molar-refractivity contribution in [2.24, 2.45) is 5.92 Å². The van der Waals surface area contributed by atoms with Crippen LogP contribution in [0, 0.1) is 5.92 Å². The van der Waals surface area contributed by atoms with Crippen LogP contribution >= 0.6 is 0 Å². The Balaban J connectivity index is 1.83. The highest BCUT2D eigenvalue weighted by Crippen LogP contribution is 2.41. The zero-order chi connectivity index (χ0) is 22.4. The number of carbonyl (C=O) groups is 1. The number of benzene rings is 2. The molecule has 2 heterocycles. The third-order valence-corrected chi connectivity index (χ3v) is 7.47. The number of fused-ring (bicyclic) bond motifs is 1. The lowest BCUT2D eigenvalue weighted by Crippen LogP contribution is -2.41. The Morgan fingerprint density at radius 1 is 1.03 bits per heavy atom. The van der Waals surface area contributed by atoms with E-state index >= 15 is 0 Å². The molecule has 0 aromatic heterocycles. The van der Waals surface area contributed by atoms with Crippen molar-refractivity contribution in [3.8, 4) is 0 Å². The predicted octanol–water partition coefficient (Wildman–Crippen LogP) is 4.73. The van der Waals surface area contributed by atoms with Gasteiger partial charge >= 0.3 is 6.18 Å². The number of sulfone groups is 1. The summed E-state index contributed by atoms with van der Waals surface area (Å²) in [6.07, 6.45) is -1.86. The van der Waals surface area contributed by atoms with Crippen LogP contribution in [0.15, 0.2) is 64.5 Å². The summed E-state index contributed by atoms with van der Waals surface area (Å²) in [5.41, 5.74) is -0.539. The number of anilines is 2. The number of nitrogens with zero attached hydrogens (tertiary/aromatic N) is 2. The summed E-state index contributed by atoms with van der Waals surface area (Å²) in [6, 6.07) is 10.6. The fourth-order valence-electron chi connectivity index (χ4n) is 3.84. The minimum absolute atomic E-state index is 0.108. The molecule has 0 aliphatic carbocycles. The quantitative estimate of drug-likeness (QED) is 0.664. The van der Waals surface area contributed by atoms with Crippen LogP contribution in [0.2, 0.25) is 0 Å². The van der Waals surface area contributed by atoms with Crippen molar-refractivity contribution in [3.63, 3.8) is 0 Å². The first-order valence-electron chi connectivity index (χ1n) is 9.91. The highest BCUT2D eigenvalue weighted by atomic mass is 32.2. The van der Waals surface area contributed by atoms with Gasteiger partial charge in [-0.3, -0.25) is 4.79 Å². The first-order chi connectivity index (χ1) is 14.6. The Hall–Kier alpha value is -2.81. The van der Waals surface area contributed by atoms with Gasteiger partial charge in [0.1, 0.15) is 0 Å². The lowest BCUT2D eigenvalue weighted by atomic mass is 9.99. The molecule has 9 heteroatoms. The highest BCUT2D eigenvalue weighted by Gasteiger charge is 2.39. The molecule has 5 nitrogen and oxygen atoms in total. The Labute approximate surface area is 178 Å². The molecule has 1 saturated heterocycles. The van der Waals surface area contributed by atoms with E-state index in [9.17, 15) is 26.4 Å². The van der Waals surface area contributed by atoms with Crippen LogP contribution in [0.1, 0.15) is 25.3 Å².